The number of halogens is 1. The molecule has 0 spiro atoms. The zero-order chi connectivity index (χ0) is 11.1. The molecular formula is C15H11Cl. The van der Waals surface area contributed by atoms with Gasteiger partial charge in [0.2, 0.25) is 0 Å². The Morgan fingerprint density at radius 2 is 1.44 bits per heavy atom. The van der Waals surface area contributed by atoms with Crippen molar-refractivity contribution in [3.63, 3.8) is 0 Å². The average Bonchev–Trinajstić information content (AvgIpc) is 2.29. The van der Waals surface area contributed by atoms with Crippen molar-refractivity contribution in [3.05, 3.63) is 59.1 Å². The molecule has 0 saturated carbocycles. The predicted molar refractivity (Wildman–Crippen MR) is 71.2 cm³/mol. The number of aryl methyl sites for hydroxylation is 1. The molecule has 0 aliphatic heterocycles. The molecule has 3 rings (SSSR count). The molecule has 0 nitrogen and oxygen atoms in total. The van der Waals surface area contributed by atoms with E-state index >= 15 is 0 Å². The van der Waals surface area contributed by atoms with Gasteiger partial charge in [-0.25, -0.2) is 0 Å². The number of hydrogen-bond acceptors (Lipinski definition) is 0. The molecule has 0 N–H and O–H groups in total. The molecule has 0 bridgehead atoms. The zero-order valence-electron chi connectivity index (χ0n) is 9.00. The molecule has 3 aromatic carbocycles. The van der Waals surface area contributed by atoms with Gasteiger partial charge in [-0.15, -0.1) is 0 Å². The number of hydrogen-bond donors (Lipinski definition) is 0. The van der Waals surface area contributed by atoms with E-state index in [0.29, 0.717) is 0 Å². The SMILES string of the molecule is Cc1cccc2cc3c(Cl)cccc3cc12. The Hall–Kier alpha value is -1.53. The van der Waals surface area contributed by atoms with Crippen LogP contribution in [0.2, 0.25) is 5.02 Å². The quantitative estimate of drug-likeness (QED) is 0.476. The van der Waals surface area contributed by atoms with Crippen molar-refractivity contribution < 1.29 is 0 Å². The standard InChI is InChI=1S/C15H11Cl/c1-10-4-2-5-11-9-14-12(8-13(10)11)6-3-7-15(14)16/h2-9H,1H3. The molecule has 0 aliphatic carbocycles. The summed E-state index contributed by atoms with van der Waals surface area (Å²) in [6.07, 6.45) is 0. The highest BCUT2D eigenvalue weighted by Crippen LogP contribution is 2.29. The lowest BCUT2D eigenvalue weighted by molar-refractivity contribution is 1.54. The first-order chi connectivity index (χ1) is 7.75. The summed E-state index contributed by atoms with van der Waals surface area (Å²) in [5, 5.41) is 5.70. The van der Waals surface area contributed by atoms with Crippen LogP contribution in [-0.4, -0.2) is 0 Å². The van der Waals surface area contributed by atoms with Crippen LogP contribution < -0.4 is 0 Å². The van der Waals surface area contributed by atoms with Crippen molar-refractivity contribution in [1.29, 1.82) is 0 Å². The third-order valence-electron chi connectivity index (χ3n) is 3.04. The molecule has 0 aliphatic rings. The maximum Gasteiger partial charge on any atom is 0.0484 e. The van der Waals surface area contributed by atoms with Crippen molar-refractivity contribution in [3.8, 4) is 0 Å². The summed E-state index contributed by atoms with van der Waals surface area (Å²) in [5.41, 5.74) is 1.30. The van der Waals surface area contributed by atoms with E-state index in [1.165, 1.54) is 21.7 Å². The van der Waals surface area contributed by atoms with Crippen molar-refractivity contribution in [2.75, 3.05) is 0 Å². The van der Waals surface area contributed by atoms with Gasteiger partial charge in [0.05, 0.1) is 0 Å². The molecule has 0 heterocycles. The maximum atomic E-state index is 6.20. The third-order valence-corrected chi connectivity index (χ3v) is 3.37. The Morgan fingerprint density at radius 1 is 0.812 bits per heavy atom. The van der Waals surface area contributed by atoms with E-state index in [0.717, 1.165) is 10.4 Å². The first-order valence-corrected chi connectivity index (χ1v) is 5.71. The van der Waals surface area contributed by atoms with E-state index in [9.17, 15) is 0 Å². The van der Waals surface area contributed by atoms with E-state index < -0.39 is 0 Å². The topological polar surface area (TPSA) is 0 Å². The molecule has 0 fully saturated rings. The highest BCUT2D eigenvalue weighted by Gasteiger charge is 2.02. The Bertz CT molecular complexity index is 622. The van der Waals surface area contributed by atoms with Gasteiger partial charge in [-0.05, 0) is 46.8 Å². The molecule has 78 valence electrons. The van der Waals surface area contributed by atoms with Gasteiger partial charge < -0.3 is 0 Å². The van der Waals surface area contributed by atoms with Crippen LogP contribution in [0.1, 0.15) is 5.56 Å². The van der Waals surface area contributed by atoms with Crippen molar-refractivity contribution >= 4 is 33.1 Å². The summed E-state index contributed by atoms with van der Waals surface area (Å²) in [4.78, 5) is 0. The lowest BCUT2D eigenvalue weighted by atomic mass is 10.0. The van der Waals surface area contributed by atoms with Crippen molar-refractivity contribution in [1.82, 2.24) is 0 Å². The van der Waals surface area contributed by atoms with E-state index in [1.54, 1.807) is 0 Å². The fraction of sp³-hybridized carbons (Fsp3) is 0.0667. The zero-order valence-corrected chi connectivity index (χ0v) is 9.75. The maximum absolute atomic E-state index is 6.20. The molecule has 1 heteroatoms. The Balaban J connectivity index is 2.54. The van der Waals surface area contributed by atoms with Gasteiger partial charge in [0.1, 0.15) is 0 Å². The minimum atomic E-state index is 0.820. The number of fused-ring (bicyclic) bond motifs is 2. The van der Waals surface area contributed by atoms with Crippen LogP contribution in [0.3, 0.4) is 0 Å². The number of rotatable bonds is 0. The van der Waals surface area contributed by atoms with Crippen LogP contribution >= 0.6 is 11.6 Å². The highest BCUT2D eigenvalue weighted by atomic mass is 35.5. The summed E-state index contributed by atoms with van der Waals surface area (Å²) in [5.74, 6) is 0. The predicted octanol–water partition coefficient (Wildman–Crippen LogP) is 4.95. The van der Waals surface area contributed by atoms with Gasteiger partial charge in [0.25, 0.3) is 0 Å². The van der Waals surface area contributed by atoms with E-state index in [4.69, 9.17) is 11.6 Å². The first-order valence-electron chi connectivity index (χ1n) is 5.33. The fourth-order valence-electron chi connectivity index (χ4n) is 2.17. The summed E-state index contributed by atoms with van der Waals surface area (Å²) in [6.45, 7) is 2.14. The molecule has 0 saturated heterocycles. The second kappa shape index (κ2) is 3.50. The van der Waals surface area contributed by atoms with Gasteiger partial charge >= 0.3 is 0 Å². The largest absolute Gasteiger partial charge is 0.0837 e. The molecule has 0 unspecified atom stereocenters. The summed E-state index contributed by atoms with van der Waals surface area (Å²) < 4.78 is 0. The second-order valence-corrected chi connectivity index (χ2v) is 4.52. The van der Waals surface area contributed by atoms with Crippen LogP contribution in [0, 0.1) is 6.92 Å². The van der Waals surface area contributed by atoms with Gasteiger partial charge in [-0.1, -0.05) is 41.9 Å². The van der Waals surface area contributed by atoms with Gasteiger partial charge in [0, 0.05) is 10.4 Å². The van der Waals surface area contributed by atoms with Crippen molar-refractivity contribution in [2.24, 2.45) is 0 Å². The van der Waals surface area contributed by atoms with Crippen LogP contribution in [0.4, 0.5) is 0 Å². The summed E-state index contributed by atoms with van der Waals surface area (Å²) in [7, 11) is 0. The molecule has 3 aromatic rings. The van der Waals surface area contributed by atoms with Crippen LogP contribution in [0.15, 0.2) is 48.5 Å². The van der Waals surface area contributed by atoms with Crippen LogP contribution in [0.5, 0.6) is 0 Å². The smallest absolute Gasteiger partial charge is 0.0484 e. The van der Waals surface area contributed by atoms with E-state index in [2.05, 4.69) is 43.3 Å². The number of benzene rings is 3. The highest BCUT2D eigenvalue weighted by molar-refractivity contribution is 6.35. The van der Waals surface area contributed by atoms with Crippen molar-refractivity contribution in [2.45, 2.75) is 6.92 Å². The summed E-state index contributed by atoms with van der Waals surface area (Å²) in [6, 6.07) is 16.8. The lowest BCUT2D eigenvalue weighted by Gasteiger charge is -2.06. The van der Waals surface area contributed by atoms with E-state index in [1.807, 2.05) is 12.1 Å². The van der Waals surface area contributed by atoms with Gasteiger partial charge in [-0.2, -0.15) is 0 Å². The van der Waals surface area contributed by atoms with Crippen LogP contribution in [-0.2, 0) is 0 Å². The monoisotopic (exact) mass is 226 g/mol. The minimum Gasteiger partial charge on any atom is -0.0837 e. The summed E-state index contributed by atoms with van der Waals surface area (Å²) >= 11 is 6.20. The molecule has 0 radical (unpaired) electrons. The second-order valence-electron chi connectivity index (χ2n) is 4.11. The van der Waals surface area contributed by atoms with E-state index in [-0.39, 0.29) is 0 Å². The Kier molecular flexibility index (Phi) is 2.12. The first kappa shape index (κ1) is 9.68. The molecule has 0 atom stereocenters. The minimum absolute atomic E-state index is 0.820. The molecule has 0 aromatic heterocycles. The Labute approximate surface area is 99.5 Å². The van der Waals surface area contributed by atoms with Gasteiger partial charge in [0.15, 0.2) is 0 Å². The molecular weight excluding hydrogens is 216 g/mol. The lowest BCUT2D eigenvalue weighted by Crippen LogP contribution is -1.80. The molecule has 16 heavy (non-hydrogen) atoms. The third kappa shape index (κ3) is 1.38. The normalized spacial score (nSPS) is 11.1. The fourth-order valence-corrected chi connectivity index (χ4v) is 2.41. The average molecular weight is 227 g/mol. The van der Waals surface area contributed by atoms with Crippen LogP contribution in [0.25, 0.3) is 21.5 Å². The van der Waals surface area contributed by atoms with Gasteiger partial charge in [-0.3, -0.25) is 0 Å². The molecule has 0 amide bonds. The Morgan fingerprint density at radius 3 is 2.25 bits per heavy atom.